The third-order valence-corrected chi connectivity index (χ3v) is 5.12. The summed E-state index contributed by atoms with van der Waals surface area (Å²) in [6, 6.07) is 10.2. The Hall–Kier alpha value is -2.71. The molecule has 2 aromatic rings. The summed E-state index contributed by atoms with van der Waals surface area (Å²) in [6.07, 6.45) is 5.84. The van der Waals surface area contributed by atoms with Gasteiger partial charge in [0.15, 0.2) is 0 Å². The van der Waals surface area contributed by atoms with Gasteiger partial charge in [0.2, 0.25) is 11.9 Å². The number of nitrogens with zero attached hydrogens (tertiary/aromatic N) is 3. The highest BCUT2D eigenvalue weighted by atomic mass is 16.5. The number of nitrogens with one attached hydrogen (secondary N) is 2. The average Bonchev–Trinajstić information content (AvgIpc) is 2.79. The van der Waals surface area contributed by atoms with Crippen molar-refractivity contribution in [2.24, 2.45) is 0 Å². The molecule has 2 N–H and O–H groups in total. The summed E-state index contributed by atoms with van der Waals surface area (Å²) in [5, 5.41) is 5.96. The van der Waals surface area contributed by atoms with Gasteiger partial charge >= 0.3 is 0 Å². The number of benzene rings is 1. The lowest BCUT2D eigenvalue weighted by Gasteiger charge is -2.31. The summed E-state index contributed by atoms with van der Waals surface area (Å²) < 4.78 is 11.3. The summed E-state index contributed by atoms with van der Waals surface area (Å²) in [4.78, 5) is 22.5. The summed E-state index contributed by atoms with van der Waals surface area (Å²) in [6.45, 7) is 4.17. The molecular formula is C22H31N5O3. The molecule has 0 aliphatic carbocycles. The van der Waals surface area contributed by atoms with Crippen LogP contribution in [0.3, 0.4) is 0 Å². The zero-order valence-electron chi connectivity index (χ0n) is 17.5. The van der Waals surface area contributed by atoms with Gasteiger partial charge in [0.25, 0.3) is 0 Å². The van der Waals surface area contributed by atoms with E-state index in [2.05, 4.69) is 32.5 Å². The molecule has 3 rings (SSSR count). The second kappa shape index (κ2) is 12.1. The predicted molar refractivity (Wildman–Crippen MR) is 115 cm³/mol. The lowest BCUT2D eigenvalue weighted by Crippen LogP contribution is -2.38. The molecule has 1 aromatic carbocycles. The highest BCUT2D eigenvalue weighted by Gasteiger charge is 2.17. The zero-order valence-corrected chi connectivity index (χ0v) is 17.5. The van der Waals surface area contributed by atoms with Crippen LogP contribution in [0.1, 0.15) is 24.8 Å². The Morgan fingerprint density at radius 3 is 2.83 bits per heavy atom. The fraction of sp³-hybridized carbons (Fsp3) is 0.500. The molecule has 1 amide bonds. The Balaban J connectivity index is 1.33. The van der Waals surface area contributed by atoms with Crippen LogP contribution in [0.5, 0.6) is 5.75 Å². The summed E-state index contributed by atoms with van der Waals surface area (Å²) >= 11 is 0. The first kappa shape index (κ1) is 22.0. The molecule has 162 valence electrons. The first-order valence-corrected chi connectivity index (χ1v) is 10.5. The maximum absolute atomic E-state index is 12.1. The van der Waals surface area contributed by atoms with Crippen molar-refractivity contribution in [3.05, 3.63) is 48.3 Å². The maximum Gasteiger partial charge on any atom is 0.222 e. The van der Waals surface area contributed by atoms with Gasteiger partial charge in [0.05, 0.1) is 0 Å². The number of carbonyl (C=O) groups is 1. The summed E-state index contributed by atoms with van der Waals surface area (Å²) in [7, 11) is 2.14. The zero-order chi connectivity index (χ0) is 21.0. The lowest BCUT2D eigenvalue weighted by molar-refractivity contribution is -0.121. The maximum atomic E-state index is 12.1. The molecule has 0 saturated carbocycles. The van der Waals surface area contributed by atoms with Crippen LogP contribution in [0, 0.1) is 0 Å². The van der Waals surface area contributed by atoms with E-state index < -0.39 is 0 Å². The molecule has 0 spiro atoms. The van der Waals surface area contributed by atoms with Crippen molar-refractivity contribution in [2.75, 3.05) is 45.3 Å². The van der Waals surface area contributed by atoms with Crippen molar-refractivity contribution >= 4 is 11.9 Å². The molecule has 0 atom stereocenters. The fourth-order valence-electron chi connectivity index (χ4n) is 3.33. The molecule has 1 saturated heterocycles. The van der Waals surface area contributed by atoms with E-state index in [0.717, 1.165) is 43.9 Å². The van der Waals surface area contributed by atoms with Crippen LogP contribution in [-0.4, -0.2) is 66.8 Å². The SMILES string of the molecule is CN(CCOc1cccc(CNC(=O)CCNc2ncccn2)c1)C1CCOCC1. The van der Waals surface area contributed by atoms with Crippen LogP contribution in [0.2, 0.25) is 0 Å². The van der Waals surface area contributed by atoms with Gasteiger partial charge < -0.3 is 20.1 Å². The molecule has 1 aliphatic heterocycles. The standard InChI is InChI=1S/C22H31N5O3/c1-27(19-7-13-29-14-8-19)12-15-30-20-5-2-4-18(16-20)17-26-21(28)6-11-25-22-23-9-3-10-24-22/h2-5,9-10,16,19H,6-8,11-15,17H2,1H3,(H,26,28)(H,23,24,25). The van der Waals surface area contributed by atoms with Crippen LogP contribution in [-0.2, 0) is 16.1 Å². The molecule has 0 radical (unpaired) electrons. The van der Waals surface area contributed by atoms with E-state index in [1.807, 2.05) is 24.3 Å². The van der Waals surface area contributed by atoms with Crippen LogP contribution >= 0.6 is 0 Å². The van der Waals surface area contributed by atoms with Gasteiger partial charge in [0, 0.05) is 57.7 Å². The Labute approximate surface area is 178 Å². The number of aromatic nitrogens is 2. The number of anilines is 1. The van der Waals surface area contributed by atoms with Crippen molar-refractivity contribution in [1.29, 1.82) is 0 Å². The molecular weight excluding hydrogens is 382 g/mol. The highest BCUT2D eigenvalue weighted by Crippen LogP contribution is 2.15. The Kier molecular flexibility index (Phi) is 8.86. The average molecular weight is 414 g/mol. The molecule has 2 heterocycles. The number of amides is 1. The monoisotopic (exact) mass is 413 g/mol. The number of ether oxygens (including phenoxy) is 2. The predicted octanol–water partition coefficient (Wildman–Crippen LogP) is 2.08. The molecule has 1 aromatic heterocycles. The van der Waals surface area contributed by atoms with Gasteiger partial charge in [0.1, 0.15) is 12.4 Å². The summed E-state index contributed by atoms with van der Waals surface area (Å²) in [5.41, 5.74) is 1.01. The van der Waals surface area contributed by atoms with Gasteiger partial charge in [-0.15, -0.1) is 0 Å². The second-order valence-corrected chi connectivity index (χ2v) is 7.35. The molecule has 1 fully saturated rings. The number of likely N-dealkylation sites (N-methyl/N-ethyl adjacent to an activating group) is 1. The number of hydrogen-bond acceptors (Lipinski definition) is 7. The minimum Gasteiger partial charge on any atom is -0.492 e. The lowest BCUT2D eigenvalue weighted by atomic mass is 10.1. The minimum atomic E-state index is -0.0251. The van der Waals surface area contributed by atoms with Crippen molar-refractivity contribution < 1.29 is 14.3 Å². The second-order valence-electron chi connectivity index (χ2n) is 7.35. The van der Waals surface area contributed by atoms with E-state index in [1.54, 1.807) is 18.5 Å². The molecule has 30 heavy (non-hydrogen) atoms. The van der Waals surface area contributed by atoms with E-state index in [0.29, 0.717) is 38.1 Å². The van der Waals surface area contributed by atoms with E-state index in [-0.39, 0.29) is 5.91 Å². The number of carbonyl (C=O) groups excluding carboxylic acids is 1. The van der Waals surface area contributed by atoms with Crippen molar-refractivity contribution in [3.8, 4) is 5.75 Å². The Morgan fingerprint density at radius 2 is 2.03 bits per heavy atom. The van der Waals surface area contributed by atoms with E-state index in [9.17, 15) is 4.79 Å². The van der Waals surface area contributed by atoms with E-state index in [1.165, 1.54) is 0 Å². The normalized spacial score (nSPS) is 14.5. The fourth-order valence-corrected chi connectivity index (χ4v) is 3.33. The van der Waals surface area contributed by atoms with Crippen molar-refractivity contribution in [2.45, 2.75) is 31.8 Å². The van der Waals surface area contributed by atoms with Crippen LogP contribution in [0.15, 0.2) is 42.7 Å². The van der Waals surface area contributed by atoms with Crippen LogP contribution in [0.4, 0.5) is 5.95 Å². The molecule has 8 heteroatoms. The molecule has 0 bridgehead atoms. The van der Waals surface area contributed by atoms with Crippen LogP contribution in [0.25, 0.3) is 0 Å². The quantitative estimate of drug-likeness (QED) is 0.583. The van der Waals surface area contributed by atoms with Crippen molar-refractivity contribution in [1.82, 2.24) is 20.2 Å². The third-order valence-electron chi connectivity index (χ3n) is 5.12. The largest absolute Gasteiger partial charge is 0.492 e. The van der Waals surface area contributed by atoms with E-state index in [4.69, 9.17) is 9.47 Å². The van der Waals surface area contributed by atoms with Gasteiger partial charge in [-0.25, -0.2) is 9.97 Å². The first-order valence-electron chi connectivity index (χ1n) is 10.5. The third kappa shape index (κ3) is 7.61. The first-order chi connectivity index (χ1) is 14.7. The Morgan fingerprint density at radius 1 is 1.23 bits per heavy atom. The minimum absolute atomic E-state index is 0.0251. The number of hydrogen-bond donors (Lipinski definition) is 2. The molecule has 0 unspecified atom stereocenters. The van der Waals surface area contributed by atoms with Gasteiger partial charge in [-0.3, -0.25) is 9.69 Å². The molecule has 1 aliphatic rings. The highest BCUT2D eigenvalue weighted by molar-refractivity contribution is 5.76. The van der Waals surface area contributed by atoms with Gasteiger partial charge in [-0.1, -0.05) is 12.1 Å². The molecule has 8 nitrogen and oxygen atoms in total. The smallest absolute Gasteiger partial charge is 0.222 e. The van der Waals surface area contributed by atoms with E-state index >= 15 is 0 Å². The topological polar surface area (TPSA) is 88.6 Å². The van der Waals surface area contributed by atoms with Gasteiger partial charge in [-0.05, 0) is 43.7 Å². The van der Waals surface area contributed by atoms with Gasteiger partial charge in [-0.2, -0.15) is 0 Å². The Bertz CT molecular complexity index is 768. The van der Waals surface area contributed by atoms with Crippen molar-refractivity contribution in [3.63, 3.8) is 0 Å². The summed E-state index contributed by atoms with van der Waals surface area (Å²) in [5.74, 6) is 1.32. The number of rotatable bonds is 11. The van der Waals surface area contributed by atoms with Crippen LogP contribution < -0.4 is 15.4 Å².